The van der Waals surface area contributed by atoms with Crippen molar-refractivity contribution in [1.82, 2.24) is 4.98 Å². The highest BCUT2D eigenvalue weighted by Crippen LogP contribution is 2.30. The minimum absolute atomic E-state index is 0.0998. The maximum Gasteiger partial charge on any atom is 0.336 e. The first-order valence-corrected chi connectivity index (χ1v) is 6.88. The standard InChI is InChI=1S/C18H14FNO2/c1-10-8-15-13(9-14(10)19)16(18(21)22)11(2)17(20-15)12-6-4-3-5-7-12/h3-9H,1-2H3,(H,21,22). The van der Waals surface area contributed by atoms with Crippen LogP contribution in [-0.4, -0.2) is 16.1 Å². The Balaban J connectivity index is 2.43. The highest BCUT2D eigenvalue weighted by molar-refractivity contribution is 6.05. The number of hydrogen-bond donors (Lipinski definition) is 1. The van der Waals surface area contributed by atoms with Gasteiger partial charge in [0.05, 0.1) is 16.8 Å². The smallest absolute Gasteiger partial charge is 0.336 e. The summed E-state index contributed by atoms with van der Waals surface area (Å²) in [6, 6.07) is 12.2. The summed E-state index contributed by atoms with van der Waals surface area (Å²) in [5.74, 6) is -1.51. The molecule has 0 unspecified atom stereocenters. The van der Waals surface area contributed by atoms with Crippen LogP contribution in [0.3, 0.4) is 0 Å². The number of carboxylic acid groups (broad SMARTS) is 1. The van der Waals surface area contributed by atoms with E-state index in [1.165, 1.54) is 6.07 Å². The maximum atomic E-state index is 13.8. The van der Waals surface area contributed by atoms with Crippen LogP contribution >= 0.6 is 0 Å². The fourth-order valence-electron chi connectivity index (χ4n) is 2.64. The lowest BCUT2D eigenvalue weighted by Crippen LogP contribution is -2.05. The molecular formula is C18H14FNO2. The Labute approximate surface area is 127 Å². The van der Waals surface area contributed by atoms with Crippen LogP contribution < -0.4 is 0 Å². The molecule has 4 heteroatoms. The number of carbonyl (C=O) groups is 1. The highest BCUT2D eigenvalue weighted by atomic mass is 19.1. The van der Waals surface area contributed by atoms with Crippen molar-refractivity contribution in [2.45, 2.75) is 13.8 Å². The molecule has 1 aromatic heterocycles. The fraction of sp³-hybridized carbons (Fsp3) is 0.111. The van der Waals surface area contributed by atoms with Crippen molar-refractivity contribution >= 4 is 16.9 Å². The number of fused-ring (bicyclic) bond motifs is 1. The third-order valence-electron chi connectivity index (χ3n) is 3.77. The topological polar surface area (TPSA) is 50.2 Å². The molecule has 0 saturated carbocycles. The Morgan fingerprint density at radius 1 is 1.14 bits per heavy atom. The first-order chi connectivity index (χ1) is 10.5. The van der Waals surface area contributed by atoms with E-state index in [0.717, 1.165) is 5.56 Å². The van der Waals surface area contributed by atoms with Crippen molar-refractivity contribution in [2.75, 3.05) is 0 Å². The molecule has 1 N–H and O–H groups in total. The van der Waals surface area contributed by atoms with Crippen LogP contribution in [0.1, 0.15) is 21.5 Å². The second-order valence-corrected chi connectivity index (χ2v) is 5.25. The van der Waals surface area contributed by atoms with Gasteiger partial charge in [-0.05, 0) is 37.1 Å². The number of halogens is 1. The average molecular weight is 295 g/mol. The van der Waals surface area contributed by atoms with Gasteiger partial charge in [-0.25, -0.2) is 14.2 Å². The van der Waals surface area contributed by atoms with E-state index in [1.54, 1.807) is 19.9 Å². The SMILES string of the molecule is Cc1cc2nc(-c3ccccc3)c(C)c(C(=O)O)c2cc1F. The number of hydrogen-bond acceptors (Lipinski definition) is 2. The number of benzene rings is 2. The second kappa shape index (κ2) is 5.22. The van der Waals surface area contributed by atoms with E-state index in [2.05, 4.69) is 4.98 Å². The van der Waals surface area contributed by atoms with Crippen molar-refractivity contribution in [3.8, 4) is 11.3 Å². The summed E-state index contributed by atoms with van der Waals surface area (Å²) in [6.07, 6.45) is 0. The Morgan fingerprint density at radius 3 is 2.45 bits per heavy atom. The van der Waals surface area contributed by atoms with Crippen molar-refractivity contribution in [1.29, 1.82) is 0 Å². The van der Waals surface area contributed by atoms with E-state index < -0.39 is 11.8 Å². The van der Waals surface area contributed by atoms with Crippen molar-refractivity contribution in [2.24, 2.45) is 0 Å². The van der Waals surface area contributed by atoms with Gasteiger partial charge in [0.2, 0.25) is 0 Å². The second-order valence-electron chi connectivity index (χ2n) is 5.25. The number of aromatic nitrogens is 1. The number of aryl methyl sites for hydroxylation is 1. The van der Waals surface area contributed by atoms with E-state index in [9.17, 15) is 14.3 Å². The number of rotatable bonds is 2. The van der Waals surface area contributed by atoms with Crippen LogP contribution in [0.5, 0.6) is 0 Å². The molecule has 3 rings (SSSR count). The first-order valence-electron chi connectivity index (χ1n) is 6.88. The van der Waals surface area contributed by atoms with Gasteiger partial charge < -0.3 is 5.11 Å². The highest BCUT2D eigenvalue weighted by Gasteiger charge is 2.19. The molecule has 0 saturated heterocycles. The van der Waals surface area contributed by atoms with Gasteiger partial charge in [0.1, 0.15) is 5.82 Å². The van der Waals surface area contributed by atoms with Crippen molar-refractivity contribution < 1.29 is 14.3 Å². The largest absolute Gasteiger partial charge is 0.478 e. The van der Waals surface area contributed by atoms with Crippen LogP contribution in [0, 0.1) is 19.7 Å². The first kappa shape index (κ1) is 14.2. The molecule has 0 bridgehead atoms. The van der Waals surface area contributed by atoms with Gasteiger partial charge in [-0.2, -0.15) is 0 Å². The summed E-state index contributed by atoms with van der Waals surface area (Å²) in [5, 5.41) is 9.87. The van der Waals surface area contributed by atoms with Crippen LogP contribution in [-0.2, 0) is 0 Å². The lowest BCUT2D eigenvalue weighted by atomic mass is 9.97. The lowest BCUT2D eigenvalue weighted by Gasteiger charge is -2.13. The summed E-state index contributed by atoms with van der Waals surface area (Å²) >= 11 is 0. The van der Waals surface area contributed by atoms with Crippen molar-refractivity contribution in [3.63, 3.8) is 0 Å². The monoisotopic (exact) mass is 295 g/mol. The minimum Gasteiger partial charge on any atom is -0.478 e. The fourth-order valence-corrected chi connectivity index (χ4v) is 2.64. The number of nitrogens with zero attached hydrogens (tertiary/aromatic N) is 1. The molecule has 0 aliphatic heterocycles. The predicted molar refractivity (Wildman–Crippen MR) is 83.6 cm³/mol. The van der Waals surface area contributed by atoms with Crippen LogP contribution in [0.4, 0.5) is 4.39 Å². The van der Waals surface area contributed by atoms with E-state index in [0.29, 0.717) is 27.7 Å². The Bertz CT molecular complexity index is 889. The molecule has 0 atom stereocenters. The Kier molecular flexibility index (Phi) is 3.37. The molecule has 22 heavy (non-hydrogen) atoms. The molecule has 0 spiro atoms. The Morgan fingerprint density at radius 2 is 1.82 bits per heavy atom. The molecule has 1 heterocycles. The normalized spacial score (nSPS) is 10.9. The molecular weight excluding hydrogens is 281 g/mol. The molecule has 0 radical (unpaired) electrons. The molecule has 3 aromatic rings. The average Bonchev–Trinajstić information content (AvgIpc) is 2.49. The zero-order chi connectivity index (χ0) is 15.9. The van der Waals surface area contributed by atoms with Gasteiger partial charge in [0, 0.05) is 10.9 Å². The van der Waals surface area contributed by atoms with E-state index in [-0.39, 0.29) is 5.56 Å². The van der Waals surface area contributed by atoms with Crippen molar-refractivity contribution in [3.05, 3.63) is 65.0 Å². The minimum atomic E-state index is -1.08. The molecule has 2 aromatic carbocycles. The van der Waals surface area contributed by atoms with Crippen LogP contribution in [0.2, 0.25) is 0 Å². The summed E-state index contributed by atoms with van der Waals surface area (Å²) in [4.78, 5) is 16.2. The van der Waals surface area contributed by atoms with Gasteiger partial charge in [0.15, 0.2) is 0 Å². The third kappa shape index (κ3) is 2.22. The number of aromatic carboxylic acids is 1. The molecule has 0 aliphatic rings. The van der Waals surface area contributed by atoms with Gasteiger partial charge in [-0.15, -0.1) is 0 Å². The summed E-state index contributed by atoms with van der Waals surface area (Å²) in [7, 11) is 0. The number of pyridine rings is 1. The maximum absolute atomic E-state index is 13.8. The molecule has 0 aliphatic carbocycles. The predicted octanol–water partition coefficient (Wildman–Crippen LogP) is 4.36. The summed E-state index contributed by atoms with van der Waals surface area (Å²) < 4.78 is 13.8. The van der Waals surface area contributed by atoms with Gasteiger partial charge in [-0.3, -0.25) is 0 Å². The van der Waals surface area contributed by atoms with Crippen LogP contribution in [0.25, 0.3) is 22.2 Å². The van der Waals surface area contributed by atoms with E-state index in [4.69, 9.17) is 0 Å². The lowest BCUT2D eigenvalue weighted by molar-refractivity contribution is 0.0698. The zero-order valence-corrected chi connectivity index (χ0v) is 12.2. The third-order valence-corrected chi connectivity index (χ3v) is 3.77. The van der Waals surface area contributed by atoms with E-state index >= 15 is 0 Å². The zero-order valence-electron chi connectivity index (χ0n) is 12.2. The molecule has 0 fully saturated rings. The molecule has 3 nitrogen and oxygen atoms in total. The van der Waals surface area contributed by atoms with E-state index in [1.807, 2.05) is 30.3 Å². The van der Waals surface area contributed by atoms with Gasteiger partial charge in [0.25, 0.3) is 0 Å². The summed E-state index contributed by atoms with van der Waals surface area (Å²) in [6.45, 7) is 3.34. The van der Waals surface area contributed by atoms with Gasteiger partial charge in [-0.1, -0.05) is 30.3 Å². The van der Waals surface area contributed by atoms with Crippen LogP contribution in [0.15, 0.2) is 42.5 Å². The molecule has 0 amide bonds. The quantitative estimate of drug-likeness (QED) is 0.764. The number of carboxylic acids is 1. The Hall–Kier alpha value is -2.75. The molecule has 110 valence electrons. The summed E-state index contributed by atoms with van der Waals surface area (Å²) in [5.41, 5.74) is 3.01. The van der Waals surface area contributed by atoms with Gasteiger partial charge >= 0.3 is 5.97 Å².